The second-order valence-electron chi connectivity index (χ2n) is 6.81. The SMILES string of the molecule is CCCC[Si](CCCC)(CCCC)O[C@@H](C)c1ccc(Br)cc1. The Balaban J connectivity index is 2.87. The second-order valence-corrected chi connectivity index (χ2v) is 11.8. The van der Waals surface area contributed by atoms with E-state index in [0.717, 1.165) is 4.47 Å². The molecule has 0 amide bonds. The minimum absolute atomic E-state index is 0.223. The smallest absolute Gasteiger partial charge is 0.193 e. The van der Waals surface area contributed by atoms with E-state index in [9.17, 15) is 0 Å². The zero-order chi connectivity index (χ0) is 17.1. The van der Waals surface area contributed by atoms with Crippen molar-refractivity contribution in [2.75, 3.05) is 0 Å². The van der Waals surface area contributed by atoms with Gasteiger partial charge in [0, 0.05) is 4.47 Å². The Kier molecular flexibility index (Phi) is 10.4. The maximum atomic E-state index is 6.89. The van der Waals surface area contributed by atoms with Crippen molar-refractivity contribution >= 4 is 24.2 Å². The van der Waals surface area contributed by atoms with Crippen LogP contribution in [0.2, 0.25) is 18.1 Å². The molecule has 132 valence electrons. The summed E-state index contributed by atoms with van der Waals surface area (Å²) in [6.07, 6.45) is 8.04. The Labute approximate surface area is 153 Å². The van der Waals surface area contributed by atoms with E-state index in [1.807, 2.05) is 0 Å². The standard InChI is InChI=1S/C20H35BrOSi/c1-5-8-15-23(16-9-6-2,17-10-7-3)22-18(4)19-11-13-20(21)14-12-19/h11-14,18H,5-10,15-17H2,1-4H3/t18-/m0/s1. The summed E-state index contributed by atoms with van der Waals surface area (Å²) in [5, 5.41) is 0. The van der Waals surface area contributed by atoms with E-state index in [0.29, 0.717) is 0 Å². The first kappa shape index (κ1) is 20.9. The van der Waals surface area contributed by atoms with E-state index in [1.165, 1.54) is 62.2 Å². The summed E-state index contributed by atoms with van der Waals surface area (Å²) in [6.45, 7) is 9.15. The molecule has 0 N–H and O–H groups in total. The average molecular weight is 399 g/mol. The van der Waals surface area contributed by atoms with Gasteiger partial charge in [-0.25, -0.2) is 0 Å². The van der Waals surface area contributed by atoms with Crippen LogP contribution in [0.15, 0.2) is 28.7 Å². The van der Waals surface area contributed by atoms with Gasteiger partial charge in [-0.2, -0.15) is 0 Å². The molecule has 0 saturated heterocycles. The molecule has 1 atom stereocenters. The molecular weight excluding hydrogens is 364 g/mol. The summed E-state index contributed by atoms with van der Waals surface area (Å²) in [6, 6.07) is 12.7. The summed E-state index contributed by atoms with van der Waals surface area (Å²) in [5.74, 6) is 0. The Morgan fingerprint density at radius 3 is 1.70 bits per heavy atom. The fraction of sp³-hybridized carbons (Fsp3) is 0.700. The zero-order valence-electron chi connectivity index (χ0n) is 15.5. The molecule has 0 saturated carbocycles. The third-order valence-electron chi connectivity index (χ3n) is 4.72. The largest absolute Gasteiger partial charge is 0.410 e. The van der Waals surface area contributed by atoms with Gasteiger partial charge in [0.05, 0.1) is 6.10 Å². The van der Waals surface area contributed by atoms with Crippen LogP contribution < -0.4 is 0 Å². The van der Waals surface area contributed by atoms with E-state index < -0.39 is 8.32 Å². The molecule has 1 nitrogen and oxygen atoms in total. The molecule has 0 fully saturated rings. The molecule has 0 heterocycles. The van der Waals surface area contributed by atoms with E-state index in [-0.39, 0.29) is 6.10 Å². The molecule has 0 bridgehead atoms. The van der Waals surface area contributed by atoms with Crippen LogP contribution in [0, 0.1) is 0 Å². The van der Waals surface area contributed by atoms with Crippen LogP contribution in [0.25, 0.3) is 0 Å². The first-order chi connectivity index (χ1) is 11.1. The third kappa shape index (κ3) is 7.53. The summed E-state index contributed by atoms with van der Waals surface area (Å²) in [4.78, 5) is 0. The highest BCUT2D eigenvalue weighted by Gasteiger charge is 2.35. The number of halogens is 1. The zero-order valence-corrected chi connectivity index (χ0v) is 18.1. The minimum Gasteiger partial charge on any atom is -0.410 e. The monoisotopic (exact) mass is 398 g/mol. The maximum absolute atomic E-state index is 6.89. The van der Waals surface area contributed by atoms with Crippen LogP contribution in [0.5, 0.6) is 0 Å². The van der Waals surface area contributed by atoms with Crippen molar-refractivity contribution in [3.63, 3.8) is 0 Å². The molecule has 0 unspecified atom stereocenters. The van der Waals surface area contributed by atoms with Gasteiger partial charge in [0.1, 0.15) is 0 Å². The fourth-order valence-corrected chi connectivity index (χ4v) is 8.47. The molecule has 23 heavy (non-hydrogen) atoms. The van der Waals surface area contributed by atoms with Gasteiger partial charge in [0.2, 0.25) is 0 Å². The Morgan fingerprint density at radius 1 is 0.870 bits per heavy atom. The molecule has 3 heteroatoms. The number of hydrogen-bond acceptors (Lipinski definition) is 1. The lowest BCUT2D eigenvalue weighted by Crippen LogP contribution is -2.39. The van der Waals surface area contributed by atoms with Crippen molar-refractivity contribution in [3.8, 4) is 0 Å². The van der Waals surface area contributed by atoms with E-state index in [2.05, 4.69) is 67.9 Å². The summed E-state index contributed by atoms with van der Waals surface area (Å²) in [5.41, 5.74) is 1.31. The lowest BCUT2D eigenvalue weighted by atomic mass is 10.1. The van der Waals surface area contributed by atoms with Crippen molar-refractivity contribution in [2.24, 2.45) is 0 Å². The molecular formula is C20H35BrOSi. The van der Waals surface area contributed by atoms with Crippen LogP contribution in [0.3, 0.4) is 0 Å². The molecule has 1 aromatic rings. The first-order valence-electron chi connectivity index (χ1n) is 9.50. The Hall–Kier alpha value is -0.123. The molecule has 0 spiro atoms. The molecule has 0 aliphatic carbocycles. The lowest BCUT2D eigenvalue weighted by Gasteiger charge is -2.35. The number of rotatable bonds is 12. The van der Waals surface area contributed by atoms with E-state index in [4.69, 9.17) is 4.43 Å². The molecule has 0 aromatic heterocycles. The van der Waals surface area contributed by atoms with Gasteiger partial charge in [0.15, 0.2) is 8.32 Å². The first-order valence-corrected chi connectivity index (χ1v) is 12.8. The van der Waals surface area contributed by atoms with Gasteiger partial charge in [-0.15, -0.1) is 0 Å². The number of benzene rings is 1. The van der Waals surface area contributed by atoms with Crippen molar-refractivity contribution < 1.29 is 4.43 Å². The van der Waals surface area contributed by atoms with Crippen molar-refractivity contribution in [1.82, 2.24) is 0 Å². The van der Waals surface area contributed by atoms with E-state index in [1.54, 1.807) is 0 Å². The third-order valence-corrected chi connectivity index (χ3v) is 9.90. The highest BCUT2D eigenvalue weighted by atomic mass is 79.9. The van der Waals surface area contributed by atoms with Gasteiger partial charge in [-0.3, -0.25) is 0 Å². The molecule has 1 aromatic carbocycles. The predicted molar refractivity (Wildman–Crippen MR) is 109 cm³/mol. The van der Waals surface area contributed by atoms with Crippen molar-refractivity contribution in [2.45, 2.75) is 90.5 Å². The molecule has 0 radical (unpaired) electrons. The summed E-state index contributed by atoms with van der Waals surface area (Å²) < 4.78 is 8.03. The fourth-order valence-electron chi connectivity index (χ4n) is 3.23. The van der Waals surface area contributed by atoms with E-state index >= 15 is 0 Å². The van der Waals surface area contributed by atoms with Crippen LogP contribution in [0.4, 0.5) is 0 Å². The van der Waals surface area contributed by atoms with Crippen molar-refractivity contribution in [1.29, 1.82) is 0 Å². The normalized spacial score (nSPS) is 13.3. The Morgan fingerprint density at radius 2 is 1.30 bits per heavy atom. The molecule has 0 aliphatic rings. The summed E-state index contributed by atoms with van der Waals surface area (Å²) in [7, 11) is -1.63. The van der Waals surface area contributed by atoms with Gasteiger partial charge in [-0.1, -0.05) is 87.4 Å². The van der Waals surface area contributed by atoms with Crippen LogP contribution in [-0.2, 0) is 4.43 Å². The average Bonchev–Trinajstić information content (AvgIpc) is 2.56. The second kappa shape index (κ2) is 11.4. The molecule has 0 aliphatic heterocycles. The van der Waals surface area contributed by atoms with Crippen molar-refractivity contribution in [3.05, 3.63) is 34.3 Å². The predicted octanol–water partition coefficient (Wildman–Crippen LogP) is 7.87. The molecule has 1 rings (SSSR count). The number of hydrogen-bond donors (Lipinski definition) is 0. The van der Waals surface area contributed by atoms with Crippen LogP contribution in [0.1, 0.15) is 77.9 Å². The summed E-state index contributed by atoms with van der Waals surface area (Å²) >= 11 is 3.53. The topological polar surface area (TPSA) is 9.23 Å². The maximum Gasteiger partial charge on any atom is 0.193 e. The van der Waals surface area contributed by atoms with Gasteiger partial charge in [0.25, 0.3) is 0 Å². The van der Waals surface area contributed by atoms with Gasteiger partial charge < -0.3 is 4.43 Å². The highest BCUT2D eigenvalue weighted by molar-refractivity contribution is 9.10. The minimum atomic E-state index is -1.63. The lowest BCUT2D eigenvalue weighted by molar-refractivity contribution is 0.206. The Bertz CT molecular complexity index is 396. The van der Waals surface area contributed by atoms with Gasteiger partial charge >= 0.3 is 0 Å². The quantitative estimate of drug-likeness (QED) is 0.325. The highest BCUT2D eigenvalue weighted by Crippen LogP contribution is 2.34. The van der Waals surface area contributed by atoms with Crippen LogP contribution in [-0.4, -0.2) is 8.32 Å². The van der Waals surface area contributed by atoms with Gasteiger partial charge in [-0.05, 0) is 42.8 Å². The number of unbranched alkanes of at least 4 members (excludes halogenated alkanes) is 3. The van der Waals surface area contributed by atoms with Crippen LogP contribution >= 0.6 is 15.9 Å².